The van der Waals surface area contributed by atoms with E-state index in [1.807, 2.05) is 6.92 Å². The molecule has 110 valence electrons. The second-order valence-corrected chi connectivity index (χ2v) is 4.75. The number of amides is 1. The number of nitrogens with zero attached hydrogens (tertiary/aromatic N) is 1. The summed E-state index contributed by atoms with van der Waals surface area (Å²) in [6, 6.07) is 8.82. The smallest absolute Gasteiger partial charge is 0.252 e. The number of nitrogens with one attached hydrogen (secondary N) is 1. The first-order valence-corrected chi connectivity index (χ1v) is 6.62. The van der Waals surface area contributed by atoms with Crippen LogP contribution in [0, 0.1) is 6.92 Å². The number of rotatable bonds is 5. The van der Waals surface area contributed by atoms with Crippen molar-refractivity contribution in [2.24, 2.45) is 0 Å². The van der Waals surface area contributed by atoms with Gasteiger partial charge in [-0.1, -0.05) is 12.1 Å². The van der Waals surface area contributed by atoms with Crippen molar-refractivity contribution < 1.29 is 14.6 Å². The maximum Gasteiger partial charge on any atom is 0.252 e. The molecule has 2 rings (SSSR count). The van der Waals surface area contributed by atoms with Gasteiger partial charge in [0.1, 0.15) is 5.75 Å². The average molecular weight is 286 g/mol. The average Bonchev–Trinajstić information content (AvgIpc) is 2.52. The van der Waals surface area contributed by atoms with E-state index in [9.17, 15) is 9.90 Å². The number of aryl methyl sites for hydroxylation is 1. The van der Waals surface area contributed by atoms with Crippen LogP contribution in [0.15, 0.2) is 42.7 Å². The van der Waals surface area contributed by atoms with Gasteiger partial charge in [-0.15, -0.1) is 0 Å². The summed E-state index contributed by atoms with van der Waals surface area (Å²) >= 11 is 0. The molecule has 2 aromatic rings. The Morgan fingerprint density at radius 1 is 1.33 bits per heavy atom. The minimum Gasteiger partial charge on any atom is -0.497 e. The number of aliphatic hydroxyl groups excluding tert-OH is 1. The van der Waals surface area contributed by atoms with Gasteiger partial charge < -0.3 is 15.2 Å². The van der Waals surface area contributed by atoms with Gasteiger partial charge in [0.2, 0.25) is 0 Å². The number of ether oxygens (including phenoxy) is 1. The lowest BCUT2D eigenvalue weighted by Gasteiger charge is -2.13. The van der Waals surface area contributed by atoms with E-state index < -0.39 is 6.10 Å². The molecule has 1 amide bonds. The zero-order valence-corrected chi connectivity index (χ0v) is 12.0. The molecule has 0 radical (unpaired) electrons. The molecule has 1 aromatic carbocycles. The van der Waals surface area contributed by atoms with Crippen LogP contribution in [0.5, 0.6) is 5.75 Å². The number of aromatic nitrogens is 1. The third-order valence-electron chi connectivity index (χ3n) is 3.09. The van der Waals surface area contributed by atoms with Crippen LogP contribution in [-0.2, 0) is 0 Å². The summed E-state index contributed by atoms with van der Waals surface area (Å²) in [7, 11) is 1.58. The van der Waals surface area contributed by atoms with E-state index in [1.54, 1.807) is 43.6 Å². The topological polar surface area (TPSA) is 71.5 Å². The summed E-state index contributed by atoms with van der Waals surface area (Å²) < 4.78 is 5.06. The fraction of sp³-hybridized carbons (Fsp3) is 0.250. The predicted molar refractivity (Wildman–Crippen MR) is 79.3 cm³/mol. The van der Waals surface area contributed by atoms with Crippen LogP contribution in [0.4, 0.5) is 0 Å². The number of benzene rings is 1. The van der Waals surface area contributed by atoms with E-state index in [1.165, 1.54) is 6.20 Å². The first-order chi connectivity index (χ1) is 10.1. The Bertz CT molecular complexity index is 611. The molecule has 21 heavy (non-hydrogen) atoms. The summed E-state index contributed by atoms with van der Waals surface area (Å²) in [5.41, 5.74) is 2.12. The first-order valence-electron chi connectivity index (χ1n) is 6.62. The Hall–Kier alpha value is -2.40. The molecule has 0 fully saturated rings. The number of pyridine rings is 1. The maximum atomic E-state index is 12.0. The Kier molecular flexibility index (Phi) is 4.90. The zero-order valence-electron chi connectivity index (χ0n) is 12.0. The van der Waals surface area contributed by atoms with Crippen LogP contribution in [0.25, 0.3) is 0 Å². The Balaban J connectivity index is 1.93. The lowest BCUT2D eigenvalue weighted by molar-refractivity contribution is 0.0916. The monoisotopic (exact) mass is 286 g/mol. The minimum absolute atomic E-state index is 0.138. The molecule has 1 atom stereocenters. The molecule has 0 bridgehead atoms. The Morgan fingerprint density at radius 3 is 2.67 bits per heavy atom. The van der Waals surface area contributed by atoms with E-state index in [-0.39, 0.29) is 12.5 Å². The second-order valence-electron chi connectivity index (χ2n) is 4.75. The van der Waals surface area contributed by atoms with Gasteiger partial charge in [0.25, 0.3) is 5.91 Å². The van der Waals surface area contributed by atoms with E-state index >= 15 is 0 Å². The minimum atomic E-state index is -0.766. The molecule has 0 spiro atoms. The molecular formula is C16H18N2O3. The highest BCUT2D eigenvalue weighted by atomic mass is 16.5. The fourth-order valence-corrected chi connectivity index (χ4v) is 1.91. The molecule has 0 saturated heterocycles. The van der Waals surface area contributed by atoms with E-state index in [4.69, 9.17) is 4.74 Å². The van der Waals surface area contributed by atoms with Crippen LogP contribution in [0.2, 0.25) is 0 Å². The lowest BCUT2D eigenvalue weighted by Crippen LogP contribution is -2.28. The van der Waals surface area contributed by atoms with E-state index in [2.05, 4.69) is 10.3 Å². The molecule has 1 heterocycles. The van der Waals surface area contributed by atoms with Gasteiger partial charge in [-0.05, 0) is 36.2 Å². The van der Waals surface area contributed by atoms with Crippen molar-refractivity contribution in [2.75, 3.05) is 13.7 Å². The van der Waals surface area contributed by atoms with Crippen LogP contribution in [0.3, 0.4) is 0 Å². The molecule has 0 aliphatic carbocycles. The third-order valence-corrected chi connectivity index (χ3v) is 3.09. The van der Waals surface area contributed by atoms with Gasteiger partial charge in [0, 0.05) is 18.9 Å². The SMILES string of the molecule is COc1ccc(C(O)CNC(=O)c2cncc(C)c2)cc1. The summed E-state index contributed by atoms with van der Waals surface area (Å²) in [6.07, 6.45) is 2.42. The molecule has 5 nitrogen and oxygen atoms in total. The second kappa shape index (κ2) is 6.85. The molecule has 1 aromatic heterocycles. The highest BCUT2D eigenvalue weighted by molar-refractivity contribution is 5.94. The molecular weight excluding hydrogens is 268 g/mol. The number of aliphatic hydroxyl groups is 1. The predicted octanol–water partition coefficient (Wildman–Crippen LogP) is 1.86. The Labute approximate surface area is 123 Å². The van der Waals surface area contributed by atoms with Crippen molar-refractivity contribution in [3.8, 4) is 5.75 Å². The van der Waals surface area contributed by atoms with Gasteiger partial charge in [0.05, 0.1) is 18.8 Å². The molecule has 0 saturated carbocycles. The highest BCUT2D eigenvalue weighted by Gasteiger charge is 2.11. The van der Waals surface area contributed by atoms with Crippen molar-refractivity contribution in [1.82, 2.24) is 10.3 Å². The number of hydrogen-bond acceptors (Lipinski definition) is 4. The van der Waals surface area contributed by atoms with Crippen molar-refractivity contribution in [3.63, 3.8) is 0 Å². The van der Waals surface area contributed by atoms with Gasteiger partial charge in [-0.2, -0.15) is 0 Å². The van der Waals surface area contributed by atoms with E-state index in [0.29, 0.717) is 5.56 Å². The summed E-state index contributed by atoms with van der Waals surface area (Å²) in [5, 5.41) is 12.8. The van der Waals surface area contributed by atoms with Crippen LogP contribution in [0.1, 0.15) is 27.6 Å². The molecule has 0 aliphatic rings. The number of carbonyl (C=O) groups is 1. The van der Waals surface area contributed by atoms with Crippen LogP contribution < -0.4 is 10.1 Å². The molecule has 0 aliphatic heterocycles. The molecule has 5 heteroatoms. The van der Waals surface area contributed by atoms with Crippen molar-refractivity contribution in [1.29, 1.82) is 0 Å². The number of methoxy groups -OCH3 is 1. The lowest BCUT2D eigenvalue weighted by atomic mass is 10.1. The Morgan fingerprint density at radius 2 is 2.05 bits per heavy atom. The highest BCUT2D eigenvalue weighted by Crippen LogP contribution is 2.17. The van der Waals surface area contributed by atoms with Gasteiger partial charge >= 0.3 is 0 Å². The number of hydrogen-bond donors (Lipinski definition) is 2. The summed E-state index contributed by atoms with van der Waals surface area (Å²) in [6.45, 7) is 2.01. The van der Waals surface area contributed by atoms with Crippen LogP contribution in [-0.4, -0.2) is 29.7 Å². The largest absolute Gasteiger partial charge is 0.497 e. The maximum absolute atomic E-state index is 12.0. The quantitative estimate of drug-likeness (QED) is 0.880. The van der Waals surface area contributed by atoms with E-state index in [0.717, 1.165) is 16.9 Å². The van der Waals surface area contributed by atoms with Crippen molar-refractivity contribution in [2.45, 2.75) is 13.0 Å². The third kappa shape index (κ3) is 4.03. The zero-order chi connectivity index (χ0) is 15.2. The van der Waals surface area contributed by atoms with Crippen LogP contribution >= 0.6 is 0 Å². The van der Waals surface area contributed by atoms with Gasteiger partial charge in [0.15, 0.2) is 0 Å². The van der Waals surface area contributed by atoms with Gasteiger partial charge in [-0.3, -0.25) is 9.78 Å². The van der Waals surface area contributed by atoms with Crippen molar-refractivity contribution >= 4 is 5.91 Å². The molecule has 2 N–H and O–H groups in total. The summed E-state index contributed by atoms with van der Waals surface area (Å²) in [5.74, 6) is 0.472. The van der Waals surface area contributed by atoms with Crippen molar-refractivity contribution in [3.05, 3.63) is 59.4 Å². The van der Waals surface area contributed by atoms with Gasteiger partial charge in [-0.25, -0.2) is 0 Å². The number of carbonyl (C=O) groups excluding carboxylic acids is 1. The fourth-order valence-electron chi connectivity index (χ4n) is 1.91. The first kappa shape index (κ1) is 15.0. The summed E-state index contributed by atoms with van der Waals surface area (Å²) in [4.78, 5) is 15.9. The molecule has 1 unspecified atom stereocenters. The normalized spacial score (nSPS) is 11.8. The standard InChI is InChI=1S/C16H18N2O3/c1-11-7-13(9-17-8-11)16(20)18-10-15(19)12-3-5-14(21-2)6-4-12/h3-9,15,19H,10H2,1-2H3,(H,18,20).